The first-order valence-electron chi connectivity index (χ1n) is 24.7. The molecule has 0 bridgehead atoms. The Morgan fingerprint density at radius 3 is 0.610 bits per heavy atom. The molecule has 11 heteroatoms. The average Bonchev–Trinajstić information content (AvgIpc) is 3.18. The van der Waals surface area contributed by atoms with E-state index < -0.39 is 20.8 Å². The zero-order valence-corrected chi connectivity index (χ0v) is 42.6. The van der Waals surface area contributed by atoms with E-state index in [4.69, 9.17) is 0 Å². The Balaban J connectivity index is -0.00000105. The van der Waals surface area contributed by atoms with E-state index in [1.807, 2.05) is 0 Å². The Bertz CT molecular complexity index is 983. The molecule has 0 atom stereocenters. The van der Waals surface area contributed by atoms with E-state index in [9.17, 15) is 25.9 Å². The standard InChI is InChI=1S/2C24H48O4S.Ca/c2*1-2-3-4-5-6-7-8-9-10-11-12-13-14-15-16-17-18-19-20-21-22-23-24-28-29(25,26)27;/h2*23-24H,2-22H2,1H3,(H,25,26,27);/q;;+2/p-2/b2*24-23+;. The van der Waals surface area contributed by atoms with E-state index >= 15 is 0 Å². The minimum Gasteiger partial charge on any atom is -0.716 e. The summed E-state index contributed by atoms with van der Waals surface area (Å²) in [6.07, 6.45) is 61.1. The molecule has 0 aromatic heterocycles. The van der Waals surface area contributed by atoms with E-state index in [0.717, 1.165) is 51.0 Å². The molecule has 0 spiro atoms. The van der Waals surface area contributed by atoms with E-state index in [1.54, 1.807) is 12.2 Å². The summed E-state index contributed by atoms with van der Waals surface area (Å²) < 4.78 is 69.3. The minimum absolute atomic E-state index is 0. The average molecular weight is 903 g/mol. The Hall–Kier alpha value is 0.160. The zero-order chi connectivity index (χ0) is 42.9. The van der Waals surface area contributed by atoms with Gasteiger partial charge in [-0.1, -0.05) is 258 Å². The number of hydrogen-bond acceptors (Lipinski definition) is 8. The van der Waals surface area contributed by atoms with Crippen LogP contribution < -0.4 is 0 Å². The summed E-state index contributed by atoms with van der Waals surface area (Å²) in [6, 6.07) is 0. The molecule has 0 aliphatic heterocycles. The van der Waals surface area contributed by atoms with Crippen LogP contribution in [0.2, 0.25) is 0 Å². The zero-order valence-electron chi connectivity index (χ0n) is 38.8. The van der Waals surface area contributed by atoms with E-state index in [0.29, 0.717) is 0 Å². The molecule has 59 heavy (non-hydrogen) atoms. The molecule has 0 N–H and O–H groups in total. The fourth-order valence-corrected chi connectivity index (χ4v) is 7.81. The number of allylic oxidation sites excluding steroid dienone is 2. The molecule has 0 saturated carbocycles. The Morgan fingerprint density at radius 1 is 0.305 bits per heavy atom. The molecule has 0 aromatic carbocycles. The fraction of sp³-hybridized carbons (Fsp3) is 0.917. The summed E-state index contributed by atoms with van der Waals surface area (Å²) in [5.74, 6) is 0. The molecule has 8 nitrogen and oxygen atoms in total. The molecule has 0 radical (unpaired) electrons. The van der Waals surface area contributed by atoms with Crippen LogP contribution in [-0.4, -0.2) is 63.7 Å². The van der Waals surface area contributed by atoms with Crippen LogP contribution in [-0.2, 0) is 29.2 Å². The predicted octanol–water partition coefficient (Wildman–Crippen LogP) is 16.0. The van der Waals surface area contributed by atoms with Crippen LogP contribution in [0.1, 0.15) is 284 Å². The van der Waals surface area contributed by atoms with Crippen molar-refractivity contribution in [3.05, 3.63) is 24.7 Å². The first kappa shape index (κ1) is 63.4. The van der Waals surface area contributed by atoms with Crippen molar-refractivity contribution >= 4 is 58.5 Å². The number of rotatable bonds is 46. The molecule has 0 aromatic rings. The quantitative estimate of drug-likeness (QED) is 0.0194. The van der Waals surface area contributed by atoms with Gasteiger partial charge in [0.2, 0.25) is 0 Å². The number of unbranched alkanes of at least 4 members (excludes halogenated alkanes) is 40. The normalized spacial score (nSPS) is 11.9. The van der Waals surface area contributed by atoms with Crippen LogP contribution >= 0.6 is 0 Å². The second kappa shape index (κ2) is 52.5. The molecule has 0 unspecified atom stereocenters. The molecule has 0 amide bonds. The molecule has 0 saturated heterocycles. The predicted molar refractivity (Wildman–Crippen MR) is 251 cm³/mol. The minimum atomic E-state index is -4.59. The summed E-state index contributed by atoms with van der Waals surface area (Å²) in [6.45, 7) is 4.56. The Morgan fingerprint density at radius 2 is 0.458 bits per heavy atom. The smallest absolute Gasteiger partial charge is 0.716 e. The van der Waals surface area contributed by atoms with Crippen molar-refractivity contribution in [2.24, 2.45) is 0 Å². The van der Waals surface area contributed by atoms with Crippen LogP contribution in [0.15, 0.2) is 24.7 Å². The third-order valence-electron chi connectivity index (χ3n) is 11.0. The van der Waals surface area contributed by atoms with Gasteiger partial charge in [0.05, 0.1) is 0 Å². The second-order valence-electron chi connectivity index (χ2n) is 16.8. The van der Waals surface area contributed by atoms with Crippen molar-refractivity contribution < 1.29 is 34.3 Å². The van der Waals surface area contributed by atoms with Crippen molar-refractivity contribution in [1.29, 1.82) is 0 Å². The van der Waals surface area contributed by atoms with Crippen LogP contribution in [0.4, 0.5) is 0 Å². The summed E-state index contributed by atoms with van der Waals surface area (Å²) in [5, 5.41) is 0. The monoisotopic (exact) mass is 903 g/mol. The van der Waals surface area contributed by atoms with Gasteiger partial charge < -0.3 is 17.5 Å². The fourth-order valence-electron chi connectivity index (χ4n) is 7.39. The van der Waals surface area contributed by atoms with Gasteiger partial charge in [-0.05, 0) is 37.8 Å². The van der Waals surface area contributed by atoms with Crippen LogP contribution in [0.5, 0.6) is 0 Å². The van der Waals surface area contributed by atoms with Crippen molar-refractivity contribution in [2.45, 2.75) is 284 Å². The first-order chi connectivity index (χ1) is 28.1. The summed E-state index contributed by atoms with van der Waals surface area (Å²) in [4.78, 5) is 0. The van der Waals surface area contributed by atoms with Gasteiger partial charge in [-0.2, -0.15) is 0 Å². The van der Waals surface area contributed by atoms with Gasteiger partial charge in [0.15, 0.2) is 0 Å². The van der Waals surface area contributed by atoms with E-state index in [2.05, 4.69) is 22.2 Å². The van der Waals surface area contributed by atoms with E-state index in [-0.39, 0.29) is 37.7 Å². The molecule has 0 fully saturated rings. The Kier molecular flexibility index (Phi) is 56.5. The second-order valence-corrected chi connectivity index (χ2v) is 18.8. The molecule has 348 valence electrons. The van der Waals surface area contributed by atoms with Gasteiger partial charge in [-0.25, -0.2) is 16.8 Å². The van der Waals surface area contributed by atoms with Gasteiger partial charge in [-0.3, -0.25) is 0 Å². The molecule has 0 aliphatic carbocycles. The van der Waals surface area contributed by atoms with Gasteiger partial charge >= 0.3 is 37.7 Å². The molecule has 0 heterocycles. The summed E-state index contributed by atoms with van der Waals surface area (Å²) in [5.41, 5.74) is 0. The largest absolute Gasteiger partial charge is 2.00 e. The third kappa shape index (κ3) is 67.4. The van der Waals surface area contributed by atoms with Crippen molar-refractivity contribution in [1.82, 2.24) is 0 Å². The van der Waals surface area contributed by atoms with Crippen LogP contribution in [0.25, 0.3) is 0 Å². The Labute approximate surface area is 398 Å². The third-order valence-corrected chi connectivity index (χ3v) is 11.7. The summed E-state index contributed by atoms with van der Waals surface area (Å²) in [7, 11) is -9.18. The maximum Gasteiger partial charge on any atom is 2.00 e. The topological polar surface area (TPSA) is 133 Å². The van der Waals surface area contributed by atoms with Gasteiger partial charge in [0.25, 0.3) is 20.8 Å². The van der Waals surface area contributed by atoms with Crippen molar-refractivity contribution in [3.8, 4) is 0 Å². The molecular formula is C48H94CaO8S2. The maximum atomic E-state index is 10.2. The molecule has 0 aliphatic rings. The van der Waals surface area contributed by atoms with Crippen LogP contribution in [0.3, 0.4) is 0 Å². The van der Waals surface area contributed by atoms with Crippen molar-refractivity contribution in [3.63, 3.8) is 0 Å². The van der Waals surface area contributed by atoms with Crippen LogP contribution in [0, 0.1) is 0 Å². The van der Waals surface area contributed by atoms with Gasteiger partial charge in [0, 0.05) is 0 Å². The van der Waals surface area contributed by atoms with E-state index in [1.165, 1.54) is 231 Å². The summed E-state index contributed by atoms with van der Waals surface area (Å²) >= 11 is 0. The number of hydrogen-bond donors (Lipinski definition) is 0. The van der Waals surface area contributed by atoms with Gasteiger partial charge in [0.1, 0.15) is 12.5 Å². The van der Waals surface area contributed by atoms with Crippen molar-refractivity contribution in [2.75, 3.05) is 0 Å². The molecule has 0 rings (SSSR count). The molecular weight excluding hydrogens is 809 g/mol. The van der Waals surface area contributed by atoms with Gasteiger partial charge in [-0.15, -0.1) is 0 Å². The maximum absolute atomic E-state index is 10.2. The first-order valence-corrected chi connectivity index (χ1v) is 27.4. The SMILES string of the molecule is CCCCCCCCCCCCCCCCCCCCCC/C=C/OS(=O)(=O)[O-].CCCCCCCCCCCCCCCCCCCCCC/C=C/OS(=O)(=O)[O-].[Ca+2].